The minimum absolute atomic E-state index is 0.611. The van der Waals surface area contributed by atoms with Gasteiger partial charge in [-0.3, -0.25) is 0 Å². The summed E-state index contributed by atoms with van der Waals surface area (Å²) in [5.74, 6) is 0.769. The Balaban J connectivity index is 2.32. The molecular formula is C16H17ClO2. The summed E-state index contributed by atoms with van der Waals surface area (Å²) in [6, 6.07) is 13.0. The molecule has 0 saturated carbocycles. The van der Waals surface area contributed by atoms with E-state index in [9.17, 15) is 5.11 Å². The van der Waals surface area contributed by atoms with Gasteiger partial charge in [0.05, 0.1) is 6.61 Å². The zero-order valence-electron chi connectivity index (χ0n) is 11.1. The predicted molar refractivity (Wildman–Crippen MR) is 77.9 cm³/mol. The molecule has 0 aliphatic carbocycles. The summed E-state index contributed by atoms with van der Waals surface area (Å²) in [4.78, 5) is 0. The van der Waals surface area contributed by atoms with Crippen molar-refractivity contribution in [3.63, 3.8) is 0 Å². The lowest BCUT2D eigenvalue weighted by Gasteiger charge is -2.15. The molecule has 2 aromatic rings. The van der Waals surface area contributed by atoms with Crippen molar-refractivity contribution in [1.82, 2.24) is 0 Å². The van der Waals surface area contributed by atoms with Gasteiger partial charge in [-0.2, -0.15) is 0 Å². The zero-order valence-corrected chi connectivity index (χ0v) is 11.8. The minimum atomic E-state index is -0.669. The topological polar surface area (TPSA) is 29.5 Å². The molecule has 0 bridgehead atoms. The van der Waals surface area contributed by atoms with E-state index < -0.39 is 6.10 Å². The highest BCUT2D eigenvalue weighted by Crippen LogP contribution is 2.28. The first-order chi connectivity index (χ1) is 9.11. The average molecular weight is 277 g/mol. The van der Waals surface area contributed by atoms with Gasteiger partial charge in [0, 0.05) is 5.02 Å². The molecule has 19 heavy (non-hydrogen) atoms. The number of aliphatic hydroxyl groups is 1. The van der Waals surface area contributed by atoms with Crippen LogP contribution in [0.5, 0.6) is 5.75 Å². The second-order valence-electron chi connectivity index (χ2n) is 4.41. The number of hydrogen-bond acceptors (Lipinski definition) is 2. The van der Waals surface area contributed by atoms with Crippen LogP contribution in [-0.4, -0.2) is 11.7 Å². The first kappa shape index (κ1) is 13.9. The van der Waals surface area contributed by atoms with Gasteiger partial charge in [0.15, 0.2) is 0 Å². The Hall–Kier alpha value is -1.51. The number of aliphatic hydroxyl groups excluding tert-OH is 1. The lowest BCUT2D eigenvalue weighted by molar-refractivity contribution is 0.218. The lowest BCUT2D eigenvalue weighted by Crippen LogP contribution is -2.02. The maximum atomic E-state index is 10.5. The van der Waals surface area contributed by atoms with Crippen molar-refractivity contribution in [3.05, 3.63) is 64.2 Å². The second-order valence-corrected chi connectivity index (χ2v) is 4.85. The van der Waals surface area contributed by atoms with E-state index in [0.717, 1.165) is 22.4 Å². The molecule has 0 heterocycles. The maximum Gasteiger partial charge on any atom is 0.119 e. The van der Waals surface area contributed by atoms with Crippen molar-refractivity contribution in [1.29, 1.82) is 0 Å². The third kappa shape index (κ3) is 3.28. The first-order valence-corrected chi connectivity index (χ1v) is 6.66. The molecule has 100 valence electrons. The summed E-state index contributed by atoms with van der Waals surface area (Å²) in [5, 5.41) is 11.1. The van der Waals surface area contributed by atoms with Gasteiger partial charge in [-0.05, 0) is 54.8 Å². The minimum Gasteiger partial charge on any atom is -0.494 e. The van der Waals surface area contributed by atoms with Crippen LogP contribution in [0.4, 0.5) is 0 Å². The fraction of sp³-hybridized carbons (Fsp3) is 0.250. The summed E-state index contributed by atoms with van der Waals surface area (Å²) in [6.07, 6.45) is -0.669. The molecule has 2 rings (SSSR count). The molecule has 3 heteroatoms. The second kappa shape index (κ2) is 6.09. The van der Waals surface area contributed by atoms with E-state index in [1.54, 1.807) is 6.07 Å². The number of hydrogen-bond donors (Lipinski definition) is 1. The standard InChI is InChI=1S/C16H17ClO2/c1-3-19-14-6-4-5-12(10-14)16(18)15-8-7-13(17)9-11(15)2/h4-10,16,18H,3H2,1-2H3. The van der Waals surface area contributed by atoms with Gasteiger partial charge in [0.25, 0.3) is 0 Å². The third-order valence-corrected chi connectivity index (χ3v) is 3.25. The van der Waals surface area contributed by atoms with Crippen LogP contribution in [0.2, 0.25) is 5.02 Å². The molecule has 0 amide bonds. The number of rotatable bonds is 4. The van der Waals surface area contributed by atoms with Crippen LogP contribution in [0.1, 0.15) is 29.7 Å². The quantitative estimate of drug-likeness (QED) is 0.910. The highest BCUT2D eigenvalue weighted by Gasteiger charge is 2.13. The van der Waals surface area contributed by atoms with Crippen LogP contribution in [-0.2, 0) is 0 Å². The maximum absolute atomic E-state index is 10.5. The van der Waals surface area contributed by atoms with Gasteiger partial charge in [0.2, 0.25) is 0 Å². The van der Waals surface area contributed by atoms with Crippen LogP contribution in [0, 0.1) is 6.92 Å². The summed E-state index contributed by atoms with van der Waals surface area (Å²) in [7, 11) is 0. The largest absolute Gasteiger partial charge is 0.494 e. The Bertz CT molecular complexity index is 566. The normalized spacial score (nSPS) is 12.2. The zero-order chi connectivity index (χ0) is 13.8. The Morgan fingerprint density at radius 3 is 2.68 bits per heavy atom. The van der Waals surface area contributed by atoms with Crippen molar-refractivity contribution in [2.75, 3.05) is 6.61 Å². The molecule has 0 aromatic heterocycles. The fourth-order valence-electron chi connectivity index (χ4n) is 2.07. The fourth-order valence-corrected chi connectivity index (χ4v) is 2.29. The van der Waals surface area contributed by atoms with Gasteiger partial charge < -0.3 is 9.84 Å². The third-order valence-electron chi connectivity index (χ3n) is 3.01. The highest BCUT2D eigenvalue weighted by atomic mass is 35.5. The molecule has 1 unspecified atom stereocenters. The van der Waals surface area contributed by atoms with Crippen LogP contribution in [0.15, 0.2) is 42.5 Å². The van der Waals surface area contributed by atoms with Crippen molar-refractivity contribution < 1.29 is 9.84 Å². The molecule has 1 N–H and O–H groups in total. The Kier molecular flexibility index (Phi) is 4.46. The SMILES string of the molecule is CCOc1cccc(C(O)c2ccc(Cl)cc2C)c1. The number of aryl methyl sites for hydroxylation is 1. The smallest absolute Gasteiger partial charge is 0.119 e. The Morgan fingerprint density at radius 2 is 2.00 bits per heavy atom. The van der Waals surface area contributed by atoms with Crippen LogP contribution >= 0.6 is 11.6 Å². The molecule has 0 aliphatic heterocycles. The monoisotopic (exact) mass is 276 g/mol. The van der Waals surface area contributed by atoms with Crippen molar-refractivity contribution in [2.45, 2.75) is 20.0 Å². The summed E-state index contributed by atoms with van der Waals surface area (Å²) >= 11 is 5.93. The van der Waals surface area contributed by atoms with E-state index in [1.165, 1.54) is 0 Å². The van der Waals surface area contributed by atoms with Crippen LogP contribution < -0.4 is 4.74 Å². The van der Waals surface area contributed by atoms with E-state index in [2.05, 4.69) is 0 Å². The van der Waals surface area contributed by atoms with Gasteiger partial charge in [-0.1, -0.05) is 29.8 Å². The molecular weight excluding hydrogens is 260 g/mol. The summed E-state index contributed by atoms with van der Waals surface area (Å²) < 4.78 is 5.45. The van der Waals surface area contributed by atoms with Crippen LogP contribution in [0.3, 0.4) is 0 Å². The predicted octanol–water partition coefficient (Wildman–Crippen LogP) is 4.13. The summed E-state index contributed by atoms with van der Waals surface area (Å²) in [5.41, 5.74) is 2.65. The Morgan fingerprint density at radius 1 is 1.21 bits per heavy atom. The summed E-state index contributed by atoms with van der Waals surface area (Å²) in [6.45, 7) is 4.49. The molecule has 0 spiro atoms. The highest BCUT2D eigenvalue weighted by molar-refractivity contribution is 6.30. The van der Waals surface area contributed by atoms with Crippen LogP contribution in [0.25, 0.3) is 0 Å². The molecule has 1 atom stereocenters. The Labute approximate surface area is 118 Å². The number of ether oxygens (including phenoxy) is 1. The van der Waals surface area contributed by atoms with Gasteiger partial charge in [0.1, 0.15) is 11.9 Å². The van der Waals surface area contributed by atoms with Gasteiger partial charge >= 0.3 is 0 Å². The average Bonchev–Trinajstić information content (AvgIpc) is 2.39. The first-order valence-electron chi connectivity index (χ1n) is 6.28. The van der Waals surface area contributed by atoms with Crippen molar-refractivity contribution in [3.8, 4) is 5.75 Å². The van der Waals surface area contributed by atoms with E-state index in [1.807, 2.05) is 50.2 Å². The number of benzene rings is 2. The van der Waals surface area contributed by atoms with E-state index in [-0.39, 0.29) is 0 Å². The van der Waals surface area contributed by atoms with E-state index in [0.29, 0.717) is 11.6 Å². The van der Waals surface area contributed by atoms with Gasteiger partial charge in [-0.25, -0.2) is 0 Å². The molecule has 2 nitrogen and oxygen atoms in total. The molecule has 0 aliphatic rings. The number of halogens is 1. The van der Waals surface area contributed by atoms with Crippen molar-refractivity contribution >= 4 is 11.6 Å². The molecule has 2 aromatic carbocycles. The molecule has 0 radical (unpaired) electrons. The van der Waals surface area contributed by atoms with E-state index >= 15 is 0 Å². The van der Waals surface area contributed by atoms with E-state index in [4.69, 9.17) is 16.3 Å². The molecule has 0 saturated heterocycles. The van der Waals surface area contributed by atoms with Gasteiger partial charge in [-0.15, -0.1) is 0 Å². The molecule has 0 fully saturated rings. The van der Waals surface area contributed by atoms with Crippen molar-refractivity contribution in [2.24, 2.45) is 0 Å². The lowest BCUT2D eigenvalue weighted by atomic mass is 9.97.